The lowest BCUT2D eigenvalue weighted by atomic mass is 9.89. The molecule has 42 heavy (non-hydrogen) atoms. The summed E-state index contributed by atoms with van der Waals surface area (Å²) < 4.78 is 52.1. The molecule has 1 atom stereocenters. The second-order valence-corrected chi connectivity index (χ2v) is 11.0. The highest BCUT2D eigenvalue weighted by atomic mass is 19.4. The number of halogens is 3. The van der Waals surface area contributed by atoms with E-state index >= 15 is 0 Å². The predicted octanol–water partition coefficient (Wildman–Crippen LogP) is 7.49. The zero-order valence-electron chi connectivity index (χ0n) is 23.4. The molecule has 6 rings (SSSR count). The van der Waals surface area contributed by atoms with E-state index in [1.165, 1.54) is 12.1 Å². The van der Waals surface area contributed by atoms with Crippen molar-refractivity contribution in [2.45, 2.75) is 63.6 Å². The molecule has 0 radical (unpaired) electrons. The van der Waals surface area contributed by atoms with Crippen molar-refractivity contribution in [3.05, 3.63) is 106 Å². The Morgan fingerprint density at radius 3 is 2.36 bits per heavy atom. The first-order chi connectivity index (χ1) is 20.2. The van der Waals surface area contributed by atoms with Crippen LogP contribution in [-0.2, 0) is 17.5 Å². The average molecular weight is 576 g/mol. The first-order valence-electron chi connectivity index (χ1n) is 14.1. The molecule has 1 N–H and O–H groups in total. The van der Waals surface area contributed by atoms with Crippen molar-refractivity contribution >= 4 is 5.91 Å². The number of carbonyl (C=O) groups excluding carboxylic acids is 1. The predicted molar refractivity (Wildman–Crippen MR) is 152 cm³/mol. The van der Waals surface area contributed by atoms with Gasteiger partial charge in [-0.2, -0.15) is 18.3 Å². The number of hydrogen-bond donors (Lipinski definition) is 1. The lowest BCUT2D eigenvalue weighted by Crippen LogP contribution is -2.42. The van der Waals surface area contributed by atoms with Gasteiger partial charge in [-0.1, -0.05) is 54.1 Å². The van der Waals surface area contributed by atoms with Crippen LogP contribution >= 0.6 is 0 Å². The summed E-state index contributed by atoms with van der Waals surface area (Å²) >= 11 is 0. The first-order valence-corrected chi connectivity index (χ1v) is 14.1. The lowest BCUT2D eigenvalue weighted by molar-refractivity contribution is -0.137. The van der Waals surface area contributed by atoms with Crippen LogP contribution in [0.2, 0.25) is 0 Å². The zero-order chi connectivity index (χ0) is 29.4. The van der Waals surface area contributed by atoms with Gasteiger partial charge in [-0.25, -0.2) is 0 Å². The van der Waals surface area contributed by atoms with Gasteiger partial charge in [0, 0.05) is 24.3 Å². The number of aromatic nitrogens is 2. The smallest absolute Gasteiger partial charge is 0.416 e. The van der Waals surface area contributed by atoms with Crippen LogP contribution in [0.15, 0.2) is 72.8 Å². The Balaban J connectivity index is 1.43. The molecule has 1 unspecified atom stereocenters. The number of aromatic amines is 1. The molecule has 4 aromatic rings. The fraction of sp³-hybridized carbons (Fsp3) is 0.333. The molecule has 0 saturated heterocycles. The number of rotatable bonds is 7. The van der Waals surface area contributed by atoms with E-state index in [0.717, 1.165) is 54.5 Å². The molecule has 1 aliphatic heterocycles. The van der Waals surface area contributed by atoms with Crippen molar-refractivity contribution in [2.24, 2.45) is 0 Å². The molecule has 2 aliphatic rings. The molecule has 1 amide bonds. The second-order valence-electron chi connectivity index (χ2n) is 11.0. The number of nitrogens with zero attached hydrogens (tertiary/aromatic N) is 2. The quantitative estimate of drug-likeness (QED) is 0.248. The molecule has 6 nitrogen and oxygen atoms in total. The molecule has 1 fully saturated rings. The Morgan fingerprint density at radius 1 is 0.976 bits per heavy atom. The lowest BCUT2D eigenvalue weighted by Gasteiger charge is -2.38. The number of fused-ring (bicyclic) bond motifs is 1. The molecule has 1 saturated carbocycles. The average Bonchev–Trinajstić information content (AvgIpc) is 3.55. The minimum atomic E-state index is -4.46. The van der Waals surface area contributed by atoms with E-state index in [-0.39, 0.29) is 18.1 Å². The van der Waals surface area contributed by atoms with Crippen molar-refractivity contribution in [1.82, 2.24) is 15.1 Å². The van der Waals surface area contributed by atoms with Crippen LogP contribution in [0.25, 0.3) is 11.3 Å². The Morgan fingerprint density at radius 2 is 1.69 bits per heavy atom. The molecular formula is C33H32F3N3O3. The van der Waals surface area contributed by atoms with E-state index in [4.69, 9.17) is 9.47 Å². The Labute approximate surface area is 242 Å². The monoisotopic (exact) mass is 575 g/mol. The number of benzene rings is 3. The number of nitrogens with one attached hydrogen (secondary N) is 1. The largest absolute Gasteiger partial charge is 0.488 e. The van der Waals surface area contributed by atoms with Crippen LogP contribution in [0.1, 0.15) is 70.0 Å². The second kappa shape index (κ2) is 11.3. The minimum Gasteiger partial charge on any atom is -0.488 e. The van der Waals surface area contributed by atoms with Crippen LogP contribution in [0, 0.1) is 6.92 Å². The summed E-state index contributed by atoms with van der Waals surface area (Å²) in [5.41, 5.74) is 4.16. The summed E-state index contributed by atoms with van der Waals surface area (Å²) in [6.07, 6.45) is -1.23. The van der Waals surface area contributed by atoms with Gasteiger partial charge < -0.3 is 14.4 Å². The molecule has 1 aliphatic carbocycles. The number of methoxy groups -OCH3 is 1. The SMILES string of the molecule is COC1CCC(N2C(=O)c3[nH]nc(-c4cc(C)ccc4OCc4ccccc4)c3C2c2ccc(C(F)(F)F)cc2)CC1. The summed E-state index contributed by atoms with van der Waals surface area (Å²) in [6, 6.07) is 20.0. The summed E-state index contributed by atoms with van der Waals surface area (Å²) in [6.45, 7) is 2.32. The van der Waals surface area contributed by atoms with E-state index in [0.29, 0.717) is 34.9 Å². The topological polar surface area (TPSA) is 67.5 Å². The zero-order valence-corrected chi connectivity index (χ0v) is 23.4. The number of aryl methyl sites for hydroxylation is 1. The number of hydrogen-bond acceptors (Lipinski definition) is 4. The van der Waals surface area contributed by atoms with E-state index in [1.54, 1.807) is 7.11 Å². The Bertz CT molecular complexity index is 1560. The van der Waals surface area contributed by atoms with Crippen LogP contribution in [0.5, 0.6) is 5.75 Å². The number of H-pyrrole nitrogens is 1. The normalized spacial score (nSPS) is 20.5. The maximum atomic E-state index is 14.0. The molecule has 9 heteroatoms. The third kappa shape index (κ3) is 5.29. The van der Waals surface area contributed by atoms with Crippen LogP contribution < -0.4 is 4.74 Å². The van der Waals surface area contributed by atoms with Crippen molar-refractivity contribution in [1.29, 1.82) is 0 Å². The summed E-state index contributed by atoms with van der Waals surface area (Å²) in [7, 11) is 1.69. The van der Waals surface area contributed by atoms with Gasteiger partial charge in [-0.05, 0) is 68.0 Å². The third-order valence-electron chi connectivity index (χ3n) is 8.36. The van der Waals surface area contributed by atoms with Crippen molar-refractivity contribution in [3.63, 3.8) is 0 Å². The van der Waals surface area contributed by atoms with Gasteiger partial charge in [0.05, 0.1) is 17.7 Å². The van der Waals surface area contributed by atoms with E-state index in [1.807, 2.05) is 60.4 Å². The standard InChI is InChI=1S/C33H32F3N3O3/c1-20-8-17-27(42-19-21-6-4-3-5-7-21)26(18-20)29-28-30(38-37-29)32(40)39(24-13-15-25(41-2)16-14-24)31(28)22-9-11-23(12-10-22)33(34,35)36/h3-12,17-18,24-25,31H,13-16,19H2,1-2H3,(H,37,38). The van der Waals surface area contributed by atoms with E-state index < -0.39 is 17.8 Å². The summed E-state index contributed by atoms with van der Waals surface area (Å²) in [5, 5.41) is 7.58. The molecule has 218 valence electrons. The van der Waals surface area contributed by atoms with Gasteiger partial charge in [-0.3, -0.25) is 9.89 Å². The van der Waals surface area contributed by atoms with Gasteiger partial charge in [-0.15, -0.1) is 0 Å². The molecular weight excluding hydrogens is 543 g/mol. The molecule has 2 heterocycles. The molecule has 3 aromatic carbocycles. The highest BCUT2D eigenvalue weighted by molar-refractivity contribution is 6.00. The van der Waals surface area contributed by atoms with Crippen molar-refractivity contribution < 1.29 is 27.4 Å². The summed E-state index contributed by atoms with van der Waals surface area (Å²) in [4.78, 5) is 15.8. The van der Waals surface area contributed by atoms with Gasteiger partial charge >= 0.3 is 6.18 Å². The van der Waals surface area contributed by atoms with E-state index in [9.17, 15) is 18.0 Å². The van der Waals surface area contributed by atoms with Crippen molar-refractivity contribution in [3.8, 4) is 17.0 Å². The maximum Gasteiger partial charge on any atom is 0.416 e. The number of ether oxygens (including phenoxy) is 2. The number of alkyl halides is 3. The number of amides is 1. The maximum absolute atomic E-state index is 14.0. The van der Waals surface area contributed by atoms with Crippen LogP contribution in [-0.4, -0.2) is 40.3 Å². The van der Waals surface area contributed by atoms with Gasteiger partial charge in [0.2, 0.25) is 0 Å². The fourth-order valence-corrected chi connectivity index (χ4v) is 6.18. The molecule has 0 bridgehead atoms. The van der Waals surface area contributed by atoms with Crippen LogP contribution in [0.3, 0.4) is 0 Å². The highest BCUT2D eigenvalue weighted by Gasteiger charge is 2.46. The van der Waals surface area contributed by atoms with Crippen LogP contribution in [0.4, 0.5) is 13.2 Å². The highest BCUT2D eigenvalue weighted by Crippen LogP contribution is 2.47. The van der Waals surface area contributed by atoms with Gasteiger partial charge in [0.15, 0.2) is 0 Å². The molecule has 1 aromatic heterocycles. The van der Waals surface area contributed by atoms with Gasteiger partial charge in [0.1, 0.15) is 23.7 Å². The fourth-order valence-electron chi connectivity index (χ4n) is 6.18. The summed E-state index contributed by atoms with van der Waals surface area (Å²) in [5.74, 6) is 0.408. The molecule has 0 spiro atoms. The first kappa shape index (κ1) is 28.0. The van der Waals surface area contributed by atoms with E-state index in [2.05, 4.69) is 10.2 Å². The Kier molecular flexibility index (Phi) is 7.53. The van der Waals surface area contributed by atoms with Crippen molar-refractivity contribution in [2.75, 3.05) is 7.11 Å². The van der Waals surface area contributed by atoms with Gasteiger partial charge in [0.25, 0.3) is 5.91 Å². The Hall–Kier alpha value is -4.11. The number of carbonyl (C=O) groups is 1. The minimum absolute atomic E-state index is 0.0869. The third-order valence-corrected chi connectivity index (χ3v) is 8.36.